The third-order valence-electron chi connectivity index (χ3n) is 2.63. The third-order valence-corrected chi connectivity index (χ3v) is 2.63. The Kier molecular flexibility index (Phi) is 4.61. The Balaban J connectivity index is 1.76. The lowest BCUT2D eigenvalue weighted by molar-refractivity contribution is -0.144. The minimum atomic E-state index is -0.298. The molecule has 0 spiro atoms. The molecule has 3 nitrogen and oxygen atoms in total. The van der Waals surface area contributed by atoms with E-state index in [0.29, 0.717) is 6.42 Å². The van der Waals surface area contributed by atoms with Crippen LogP contribution in [0.2, 0.25) is 0 Å². The molecule has 2 aromatic rings. The lowest BCUT2D eigenvalue weighted by atomic mass is 10.1. The van der Waals surface area contributed by atoms with Gasteiger partial charge < -0.3 is 4.74 Å². The van der Waals surface area contributed by atoms with Gasteiger partial charge >= 0.3 is 5.97 Å². The van der Waals surface area contributed by atoms with E-state index in [4.69, 9.17) is 4.74 Å². The molecule has 0 amide bonds. The fourth-order valence-electron chi connectivity index (χ4n) is 1.66. The molecule has 0 saturated carbocycles. The maximum atomic E-state index is 12.9. The first kappa shape index (κ1) is 13.2. The minimum Gasteiger partial charge on any atom is -0.461 e. The number of carbonyl (C=O) groups excluding carboxylic acids is 1. The summed E-state index contributed by atoms with van der Waals surface area (Å²) in [5.41, 5.74) is 1.64. The van der Waals surface area contributed by atoms with Gasteiger partial charge in [-0.25, -0.2) is 4.39 Å². The van der Waals surface area contributed by atoms with Crippen LogP contribution in [-0.4, -0.2) is 11.0 Å². The maximum Gasteiger partial charge on any atom is 0.306 e. The smallest absolute Gasteiger partial charge is 0.306 e. The number of aromatic nitrogens is 1. The van der Waals surface area contributed by atoms with Gasteiger partial charge in [0.25, 0.3) is 0 Å². The molecule has 19 heavy (non-hydrogen) atoms. The van der Waals surface area contributed by atoms with E-state index in [2.05, 4.69) is 4.98 Å². The lowest BCUT2D eigenvalue weighted by Crippen LogP contribution is -2.06. The largest absolute Gasteiger partial charge is 0.461 e. The molecule has 0 atom stereocenters. The molecule has 0 aliphatic rings. The predicted octanol–water partition coefficient (Wildman–Crippen LogP) is 2.90. The van der Waals surface area contributed by atoms with Crippen molar-refractivity contribution in [2.45, 2.75) is 19.4 Å². The number of pyridine rings is 1. The Morgan fingerprint density at radius 2 is 2.05 bits per heavy atom. The number of esters is 1. The number of hydrogen-bond donors (Lipinski definition) is 0. The molecule has 2 rings (SSSR count). The molecule has 0 unspecified atom stereocenters. The first-order valence-corrected chi connectivity index (χ1v) is 6.03. The summed E-state index contributed by atoms with van der Waals surface area (Å²) in [7, 11) is 0. The zero-order valence-electron chi connectivity index (χ0n) is 10.4. The Hall–Kier alpha value is -2.23. The number of halogens is 1. The summed E-state index contributed by atoms with van der Waals surface area (Å²) in [6, 6.07) is 9.85. The normalized spacial score (nSPS) is 10.2. The van der Waals surface area contributed by atoms with E-state index in [9.17, 15) is 9.18 Å². The van der Waals surface area contributed by atoms with Gasteiger partial charge in [-0.3, -0.25) is 9.78 Å². The first-order valence-electron chi connectivity index (χ1n) is 6.03. The van der Waals surface area contributed by atoms with Gasteiger partial charge in [0.15, 0.2) is 0 Å². The highest BCUT2D eigenvalue weighted by molar-refractivity contribution is 5.69. The van der Waals surface area contributed by atoms with E-state index in [0.717, 1.165) is 11.1 Å². The SMILES string of the molecule is O=C(CCc1cccc(F)c1)OCc1cccnc1. The van der Waals surface area contributed by atoms with Crippen LogP contribution in [0.3, 0.4) is 0 Å². The second-order valence-electron chi connectivity index (χ2n) is 4.15. The molecule has 1 aromatic heterocycles. The van der Waals surface area contributed by atoms with Crippen molar-refractivity contribution >= 4 is 5.97 Å². The van der Waals surface area contributed by atoms with E-state index in [1.807, 2.05) is 6.07 Å². The summed E-state index contributed by atoms with van der Waals surface area (Å²) in [4.78, 5) is 15.5. The van der Waals surface area contributed by atoms with Crippen LogP contribution in [-0.2, 0) is 22.6 Å². The Morgan fingerprint density at radius 3 is 2.79 bits per heavy atom. The highest BCUT2D eigenvalue weighted by atomic mass is 19.1. The van der Waals surface area contributed by atoms with Gasteiger partial charge in [-0.05, 0) is 30.2 Å². The Morgan fingerprint density at radius 1 is 1.21 bits per heavy atom. The molecule has 0 N–H and O–H groups in total. The molecule has 0 aliphatic heterocycles. The van der Waals surface area contributed by atoms with E-state index in [1.165, 1.54) is 12.1 Å². The maximum absolute atomic E-state index is 12.9. The van der Waals surface area contributed by atoms with Crippen LogP contribution in [0, 0.1) is 5.82 Å². The molecule has 0 radical (unpaired) electrons. The van der Waals surface area contributed by atoms with Gasteiger partial charge in [0.1, 0.15) is 12.4 Å². The van der Waals surface area contributed by atoms with Gasteiger partial charge in [0, 0.05) is 24.4 Å². The highest BCUT2D eigenvalue weighted by Crippen LogP contribution is 2.07. The second-order valence-corrected chi connectivity index (χ2v) is 4.15. The highest BCUT2D eigenvalue weighted by Gasteiger charge is 2.05. The average Bonchev–Trinajstić information content (AvgIpc) is 2.44. The van der Waals surface area contributed by atoms with Crippen LogP contribution in [0.25, 0.3) is 0 Å². The number of ether oxygens (including phenoxy) is 1. The standard InChI is InChI=1S/C15H14FNO2/c16-14-5-1-3-12(9-14)6-7-15(18)19-11-13-4-2-8-17-10-13/h1-5,8-10H,6-7,11H2. The van der Waals surface area contributed by atoms with Crippen LogP contribution in [0.4, 0.5) is 4.39 Å². The Bertz CT molecular complexity index is 543. The number of hydrogen-bond acceptors (Lipinski definition) is 3. The molecule has 0 fully saturated rings. The molecular formula is C15H14FNO2. The Labute approximate surface area is 111 Å². The molecule has 98 valence electrons. The van der Waals surface area contributed by atoms with Gasteiger partial charge in [0.05, 0.1) is 0 Å². The third kappa shape index (κ3) is 4.50. The van der Waals surface area contributed by atoms with E-state index in [-0.39, 0.29) is 24.8 Å². The van der Waals surface area contributed by atoms with Crippen molar-refractivity contribution < 1.29 is 13.9 Å². The van der Waals surface area contributed by atoms with Gasteiger partial charge in [-0.2, -0.15) is 0 Å². The quantitative estimate of drug-likeness (QED) is 0.775. The van der Waals surface area contributed by atoms with Crippen LogP contribution in [0.1, 0.15) is 17.5 Å². The summed E-state index contributed by atoms with van der Waals surface area (Å²) in [5, 5.41) is 0. The first-order chi connectivity index (χ1) is 9.24. The summed E-state index contributed by atoms with van der Waals surface area (Å²) in [6.07, 6.45) is 4.03. The predicted molar refractivity (Wildman–Crippen MR) is 68.8 cm³/mol. The summed E-state index contributed by atoms with van der Waals surface area (Å²) in [6.45, 7) is 0.218. The van der Waals surface area contributed by atoms with Crippen molar-refractivity contribution in [3.8, 4) is 0 Å². The fourth-order valence-corrected chi connectivity index (χ4v) is 1.66. The molecule has 4 heteroatoms. The van der Waals surface area contributed by atoms with E-state index >= 15 is 0 Å². The zero-order chi connectivity index (χ0) is 13.5. The topological polar surface area (TPSA) is 39.2 Å². The monoisotopic (exact) mass is 259 g/mol. The number of nitrogens with zero attached hydrogens (tertiary/aromatic N) is 1. The molecule has 1 aromatic carbocycles. The van der Waals surface area contributed by atoms with Crippen molar-refractivity contribution in [2.24, 2.45) is 0 Å². The van der Waals surface area contributed by atoms with Crippen molar-refractivity contribution in [1.29, 1.82) is 0 Å². The number of carbonyl (C=O) groups is 1. The van der Waals surface area contributed by atoms with Crippen molar-refractivity contribution in [3.63, 3.8) is 0 Å². The minimum absolute atomic E-state index is 0.218. The fraction of sp³-hybridized carbons (Fsp3) is 0.200. The zero-order valence-corrected chi connectivity index (χ0v) is 10.4. The number of rotatable bonds is 5. The van der Waals surface area contributed by atoms with Crippen LogP contribution in [0.15, 0.2) is 48.8 Å². The summed E-state index contributed by atoms with van der Waals surface area (Å²) in [5.74, 6) is -0.589. The van der Waals surface area contributed by atoms with E-state index < -0.39 is 0 Å². The van der Waals surface area contributed by atoms with Crippen LogP contribution >= 0.6 is 0 Å². The molecule has 0 bridgehead atoms. The lowest BCUT2D eigenvalue weighted by Gasteiger charge is -2.04. The summed E-state index contributed by atoms with van der Waals surface area (Å²) >= 11 is 0. The van der Waals surface area contributed by atoms with Gasteiger partial charge in [0.2, 0.25) is 0 Å². The second kappa shape index (κ2) is 6.64. The molecule has 1 heterocycles. The molecular weight excluding hydrogens is 245 g/mol. The number of aryl methyl sites for hydroxylation is 1. The van der Waals surface area contributed by atoms with Crippen molar-refractivity contribution in [3.05, 3.63) is 65.7 Å². The molecule has 0 saturated heterocycles. The van der Waals surface area contributed by atoms with Gasteiger partial charge in [-0.1, -0.05) is 18.2 Å². The summed E-state index contributed by atoms with van der Waals surface area (Å²) < 4.78 is 18.0. The van der Waals surface area contributed by atoms with Gasteiger partial charge in [-0.15, -0.1) is 0 Å². The molecule has 0 aliphatic carbocycles. The van der Waals surface area contributed by atoms with Crippen molar-refractivity contribution in [1.82, 2.24) is 4.98 Å². The van der Waals surface area contributed by atoms with Crippen molar-refractivity contribution in [2.75, 3.05) is 0 Å². The average molecular weight is 259 g/mol. The van der Waals surface area contributed by atoms with Crippen LogP contribution in [0.5, 0.6) is 0 Å². The van der Waals surface area contributed by atoms with Crippen LogP contribution < -0.4 is 0 Å². The van der Waals surface area contributed by atoms with E-state index in [1.54, 1.807) is 30.6 Å². The number of benzene rings is 1.